The molecule has 4 heterocycles. The molecule has 1 aliphatic heterocycles. The van der Waals surface area contributed by atoms with Crippen molar-refractivity contribution in [1.29, 1.82) is 0 Å². The van der Waals surface area contributed by atoms with Gasteiger partial charge in [0.05, 0.1) is 19.4 Å². The Morgan fingerprint density at radius 2 is 1.62 bits per heavy atom. The Hall–Kier alpha value is -4.15. The number of hydrogen-bond acceptors (Lipinski definition) is 8. The quantitative estimate of drug-likeness (QED) is 0.464. The van der Waals surface area contributed by atoms with Gasteiger partial charge in [0.2, 0.25) is 5.88 Å². The van der Waals surface area contributed by atoms with E-state index in [0.717, 1.165) is 43.6 Å². The Balaban J connectivity index is 0.000000286. The molecule has 0 radical (unpaired) electrons. The van der Waals surface area contributed by atoms with Gasteiger partial charge in [0, 0.05) is 25.4 Å². The van der Waals surface area contributed by atoms with E-state index in [0.29, 0.717) is 12.5 Å². The number of furan rings is 1. The minimum Gasteiger partial charge on any atom is -0.475 e. The van der Waals surface area contributed by atoms with E-state index in [9.17, 15) is 26.3 Å². The number of halogens is 6. The minimum absolute atomic E-state index is 0.377. The van der Waals surface area contributed by atoms with Gasteiger partial charge in [0.15, 0.2) is 5.82 Å². The number of nitrogens with zero attached hydrogens (tertiary/aromatic N) is 5. The lowest BCUT2D eigenvalue weighted by Crippen LogP contribution is -2.34. The van der Waals surface area contributed by atoms with E-state index in [1.54, 1.807) is 12.5 Å². The molecule has 0 saturated heterocycles. The highest BCUT2D eigenvalue weighted by Gasteiger charge is 2.38. The van der Waals surface area contributed by atoms with Crippen molar-refractivity contribution in [1.82, 2.24) is 24.6 Å². The number of aliphatic carboxylic acids is 2. The number of ether oxygens (including phenoxy) is 1. The fourth-order valence-corrected chi connectivity index (χ4v) is 2.70. The van der Waals surface area contributed by atoms with Crippen molar-refractivity contribution < 1.29 is 55.3 Å². The Kier molecular flexibility index (Phi) is 9.98. The molecule has 2 N–H and O–H groups in total. The highest BCUT2D eigenvalue weighted by Crippen LogP contribution is 2.17. The molecule has 0 unspecified atom stereocenters. The second-order valence-electron chi connectivity index (χ2n) is 7.04. The fraction of sp³-hybridized carbons (Fsp3) is 0.350. The first-order chi connectivity index (χ1) is 17.3. The van der Waals surface area contributed by atoms with Crippen LogP contribution >= 0.6 is 0 Å². The van der Waals surface area contributed by atoms with Crippen molar-refractivity contribution in [2.24, 2.45) is 0 Å². The first-order valence-electron chi connectivity index (χ1n) is 10.1. The van der Waals surface area contributed by atoms with Crippen LogP contribution in [0.15, 0.2) is 47.2 Å². The van der Waals surface area contributed by atoms with Gasteiger partial charge >= 0.3 is 24.3 Å². The number of carbonyl (C=O) groups is 2. The molecule has 0 aromatic carbocycles. The molecule has 37 heavy (non-hydrogen) atoms. The number of rotatable bonds is 5. The second-order valence-corrected chi connectivity index (χ2v) is 7.04. The van der Waals surface area contributed by atoms with Gasteiger partial charge < -0.3 is 23.9 Å². The summed E-state index contributed by atoms with van der Waals surface area (Å²) in [6, 6.07) is 9.49. The molecule has 0 bridgehead atoms. The summed E-state index contributed by atoms with van der Waals surface area (Å²) in [6.07, 6.45) is -6.75. The van der Waals surface area contributed by atoms with Crippen molar-refractivity contribution >= 4 is 11.9 Å². The predicted octanol–water partition coefficient (Wildman–Crippen LogP) is 3.13. The maximum Gasteiger partial charge on any atom is 0.490 e. The van der Waals surface area contributed by atoms with Crippen LogP contribution in [0.3, 0.4) is 0 Å². The third kappa shape index (κ3) is 9.79. The van der Waals surface area contributed by atoms with Crippen molar-refractivity contribution in [2.75, 3.05) is 6.54 Å². The van der Waals surface area contributed by atoms with E-state index in [1.807, 2.05) is 30.3 Å². The third-order valence-electron chi connectivity index (χ3n) is 4.34. The van der Waals surface area contributed by atoms with Crippen molar-refractivity contribution in [3.05, 3.63) is 60.2 Å². The van der Waals surface area contributed by atoms with Crippen LogP contribution < -0.4 is 4.74 Å². The predicted molar refractivity (Wildman–Crippen MR) is 109 cm³/mol. The lowest BCUT2D eigenvalue weighted by atomic mass is 10.3. The molecule has 0 aliphatic carbocycles. The van der Waals surface area contributed by atoms with Gasteiger partial charge in [-0.1, -0.05) is 6.07 Å². The second kappa shape index (κ2) is 12.7. The molecule has 0 spiro atoms. The van der Waals surface area contributed by atoms with Crippen molar-refractivity contribution in [2.45, 2.75) is 38.6 Å². The molecule has 17 heteroatoms. The maximum absolute atomic E-state index is 10.6. The highest BCUT2D eigenvalue weighted by atomic mass is 19.4. The molecule has 1 aliphatic rings. The number of fused-ring (bicyclic) bond motifs is 1. The van der Waals surface area contributed by atoms with Gasteiger partial charge in [0.1, 0.15) is 18.2 Å². The van der Waals surface area contributed by atoms with Crippen LogP contribution in [0.5, 0.6) is 5.88 Å². The van der Waals surface area contributed by atoms with E-state index in [-0.39, 0.29) is 0 Å². The molecule has 3 aromatic heterocycles. The van der Waals surface area contributed by atoms with Crippen molar-refractivity contribution in [3.8, 4) is 5.88 Å². The van der Waals surface area contributed by atoms with Gasteiger partial charge in [-0.05, 0) is 18.2 Å². The zero-order valence-corrected chi connectivity index (χ0v) is 18.6. The largest absolute Gasteiger partial charge is 0.490 e. The number of aromatic nitrogens is 4. The molecule has 11 nitrogen and oxygen atoms in total. The van der Waals surface area contributed by atoms with Gasteiger partial charge in [-0.25, -0.2) is 14.6 Å². The summed E-state index contributed by atoms with van der Waals surface area (Å²) in [7, 11) is 0. The highest BCUT2D eigenvalue weighted by molar-refractivity contribution is 5.73. The molecule has 4 rings (SSSR count). The number of carboxylic acids is 2. The summed E-state index contributed by atoms with van der Waals surface area (Å²) in [5.41, 5.74) is 0. The van der Waals surface area contributed by atoms with Crippen LogP contribution in [-0.2, 0) is 35.8 Å². The van der Waals surface area contributed by atoms with Crippen LogP contribution in [0.2, 0.25) is 0 Å². The van der Waals surface area contributed by atoms with Crippen LogP contribution in [0.25, 0.3) is 0 Å². The minimum atomic E-state index is -5.08. The molecule has 0 saturated carbocycles. The monoisotopic (exact) mass is 539 g/mol. The molecule has 202 valence electrons. The molecule has 0 amide bonds. The summed E-state index contributed by atoms with van der Waals surface area (Å²) in [5, 5.41) is 22.8. The molecule has 0 fully saturated rings. The lowest BCUT2D eigenvalue weighted by Gasteiger charge is -2.26. The average molecular weight is 539 g/mol. The SMILES string of the molecule is O=C(O)C(F)(F)F.O=C(O)C(F)(F)F.c1ccc(OCc2nnc3n2CCN(Cc2ccco2)C3)nc1. The van der Waals surface area contributed by atoms with E-state index in [1.165, 1.54) is 0 Å². The van der Waals surface area contributed by atoms with E-state index in [2.05, 4.69) is 24.6 Å². The summed E-state index contributed by atoms with van der Waals surface area (Å²) >= 11 is 0. The lowest BCUT2D eigenvalue weighted by molar-refractivity contribution is -0.193. The van der Waals surface area contributed by atoms with Crippen LogP contribution in [0.1, 0.15) is 17.4 Å². The fourth-order valence-electron chi connectivity index (χ4n) is 2.70. The topological polar surface area (TPSA) is 144 Å². The molecular weight excluding hydrogens is 520 g/mol. The first-order valence-corrected chi connectivity index (χ1v) is 10.1. The molecule has 3 aromatic rings. The normalized spacial score (nSPS) is 13.4. The molecule has 0 atom stereocenters. The third-order valence-corrected chi connectivity index (χ3v) is 4.34. The van der Waals surface area contributed by atoms with Crippen LogP contribution in [0, 0.1) is 0 Å². The Bertz CT molecular complexity index is 1110. The molecular formula is C20H19F6N5O6. The van der Waals surface area contributed by atoms with Gasteiger partial charge in [0.25, 0.3) is 0 Å². The Morgan fingerprint density at radius 1 is 0.973 bits per heavy atom. The van der Waals surface area contributed by atoms with Crippen LogP contribution in [-0.4, -0.2) is 65.7 Å². The zero-order valence-electron chi connectivity index (χ0n) is 18.6. The number of alkyl halides is 6. The van der Waals surface area contributed by atoms with Crippen LogP contribution in [0.4, 0.5) is 26.3 Å². The average Bonchev–Trinajstić information content (AvgIpc) is 3.47. The first kappa shape index (κ1) is 29.1. The Labute approximate surface area is 203 Å². The van der Waals surface area contributed by atoms with Gasteiger partial charge in [-0.3, -0.25) is 4.90 Å². The van der Waals surface area contributed by atoms with Gasteiger partial charge in [-0.2, -0.15) is 26.3 Å². The standard InChI is InChI=1S/C16H17N5O2.2C2HF3O2/c1-2-6-17-16(5-1)23-12-15-19-18-14-11-20(7-8-21(14)15)10-13-4-3-9-22-13;2*3-2(4,5)1(6)7/h1-6,9H,7-8,10-12H2;2*(H,6,7). The summed E-state index contributed by atoms with van der Waals surface area (Å²) in [6.45, 7) is 3.71. The number of pyridine rings is 1. The van der Waals surface area contributed by atoms with E-state index in [4.69, 9.17) is 29.0 Å². The Morgan fingerprint density at radius 3 is 2.14 bits per heavy atom. The van der Waals surface area contributed by atoms with E-state index >= 15 is 0 Å². The summed E-state index contributed by atoms with van der Waals surface area (Å²) in [5.74, 6) is -2.15. The summed E-state index contributed by atoms with van der Waals surface area (Å²) in [4.78, 5) is 24.2. The van der Waals surface area contributed by atoms with Crippen molar-refractivity contribution in [3.63, 3.8) is 0 Å². The smallest absolute Gasteiger partial charge is 0.475 e. The summed E-state index contributed by atoms with van der Waals surface area (Å²) < 4.78 is 76.7. The maximum atomic E-state index is 10.6. The van der Waals surface area contributed by atoms with E-state index < -0.39 is 24.3 Å². The zero-order chi connectivity index (χ0) is 27.6. The van der Waals surface area contributed by atoms with Gasteiger partial charge in [-0.15, -0.1) is 10.2 Å². The number of carboxylic acid groups (broad SMARTS) is 2. The number of hydrogen-bond donors (Lipinski definition) is 2.